The first-order chi connectivity index (χ1) is 15.6. The molecule has 32 heavy (non-hydrogen) atoms. The highest BCUT2D eigenvalue weighted by molar-refractivity contribution is 7.19. The molecular weight excluding hydrogens is 448 g/mol. The van der Waals surface area contributed by atoms with Crippen molar-refractivity contribution in [1.29, 1.82) is 0 Å². The Morgan fingerprint density at radius 2 is 2.12 bits per heavy atom. The Bertz CT molecular complexity index is 1170. The lowest BCUT2D eigenvalue weighted by Gasteiger charge is -2.22. The molecule has 0 saturated carbocycles. The number of thiophene rings is 1. The maximum absolute atomic E-state index is 11.8. The van der Waals surface area contributed by atoms with Gasteiger partial charge < -0.3 is 20.1 Å². The maximum atomic E-state index is 11.8. The molecule has 166 valence electrons. The largest absolute Gasteiger partial charge is 0.484 e. The summed E-state index contributed by atoms with van der Waals surface area (Å²) in [6.45, 7) is 0.869. The second-order valence-electron chi connectivity index (χ2n) is 7.81. The van der Waals surface area contributed by atoms with E-state index in [1.165, 1.54) is 22.5 Å². The van der Waals surface area contributed by atoms with Crippen LogP contribution in [0, 0.1) is 0 Å². The van der Waals surface area contributed by atoms with Gasteiger partial charge in [-0.1, -0.05) is 17.7 Å². The highest BCUT2D eigenvalue weighted by Gasteiger charge is 2.29. The molecule has 0 unspecified atom stereocenters. The average molecular weight is 471 g/mol. The van der Waals surface area contributed by atoms with E-state index in [0.717, 1.165) is 64.5 Å². The quantitative estimate of drug-likeness (QED) is 0.549. The Morgan fingerprint density at radius 1 is 1.22 bits per heavy atom. The van der Waals surface area contributed by atoms with Gasteiger partial charge in [-0.3, -0.25) is 4.79 Å². The molecule has 2 N–H and O–H groups in total. The van der Waals surface area contributed by atoms with Crippen molar-refractivity contribution in [3.63, 3.8) is 0 Å². The number of aromatic nitrogens is 2. The van der Waals surface area contributed by atoms with E-state index in [-0.39, 0.29) is 25.7 Å². The van der Waals surface area contributed by atoms with Crippen LogP contribution in [0.15, 0.2) is 30.3 Å². The summed E-state index contributed by atoms with van der Waals surface area (Å²) >= 11 is 7.65. The summed E-state index contributed by atoms with van der Waals surface area (Å²) in [6.07, 6.45) is 3.94. The van der Waals surface area contributed by atoms with Gasteiger partial charge in [0.25, 0.3) is 5.91 Å². The lowest BCUT2D eigenvalue weighted by Crippen LogP contribution is -2.31. The average Bonchev–Trinajstić information content (AvgIpc) is 3.54. The van der Waals surface area contributed by atoms with Gasteiger partial charge in [-0.15, -0.1) is 11.3 Å². The van der Waals surface area contributed by atoms with Crippen LogP contribution in [-0.2, 0) is 24.1 Å². The molecule has 0 fully saturated rings. The van der Waals surface area contributed by atoms with Gasteiger partial charge in [0.1, 0.15) is 11.6 Å². The van der Waals surface area contributed by atoms with Crippen molar-refractivity contribution in [2.45, 2.75) is 25.7 Å². The number of fused-ring (bicyclic) bond motifs is 2. The number of nitrogens with zero attached hydrogens (tertiary/aromatic N) is 3. The Kier molecular flexibility index (Phi) is 5.99. The molecule has 1 amide bonds. The van der Waals surface area contributed by atoms with Crippen LogP contribution in [0.5, 0.6) is 5.75 Å². The van der Waals surface area contributed by atoms with Gasteiger partial charge in [0.05, 0.1) is 15.8 Å². The minimum absolute atomic E-state index is 0.0923. The minimum atomic E-state index is -0.260. The van der Waals surface area contributed by atoms with Crippen LogP contribution in [0.25, 0.3) is 10.7 Å². The van der Waals surface area contributed by atoms with Crippen molar-refractivity contribution in [3.05, 3.63) is 51.5 Å². The maximum Gasteiger partial charge on any atom is 0.258 e. The molecule has 7 nitrogen and oxygen atoms in total. The normalized spacial score (nSPS) is 14.4. The van der Waals surface area contributed by atoms with E-state index in [4.69, 9.17) is 31.4 Å². The second-order valence-corrected chi connectivity index (χ2v) is 9.52. The highest BCUT2D eigenvalue weighted by Crippen LogP contribution is 2.41. The van der Waals surface area contributed by atoms with Crippen LogP contribution >= 0.6 is 22.9 Å². The first-order valence-corrected chi connectivity index (χ1v) is 11.9. The zero-order valence-electron chi connectivity index (χ0n) is 17.4. The van der Waals surface area contributed by atoms with E-state index in [0.29, 0.717) is 5.75 Å². The zero-order valence-corrected chi connectivity index (χ0v) is 19.0. The molecule has 1 aliphatic heterocycles. The summed E-state index contributed by atoms with van der Waals surface area (Å²) in [5.74, 6) is 2.05. The standard InChI is InChI=1S/C23H23ClN4O3S/c24-20-7-6-19(32-20)22-26-17-3-1-2-16(17)23(27-22)28-10-8-14-4-5-15(12-18(14)28)31-13-21(30)25-9-11-29/h4-7,12,29H,1-3,8-11,13H2,(H,25,30). The molecule has 0 bridgehead atoms. The number of carbonyl (C=O) groups is 1. The lowest BCUT2D eigenvalue weighted by atomic mass is 10.1. The number of benzene rings is 1. The molecule has 3 heterocycles. The van der Waals surface area contributed by atoms with Crippen LogP contribution in [0.1, 0.15) is 23.2 Å². The minimum Gasteiger partial charge on any atom is -0.484 e. The van der Waals surface area contributed by atoms with Crippen molar-refractivity contribution in [2.24, 2.45) is 0 Å². The fourth-order valence-electron chi connectivity index (χ4n) is 4.24. The molecule has 2 aromatic heterocycles. The molecule has 5 rings (SSSR count). The van der Waals surface area contributed by atoms with Gasteiger partial charge in [-0.25, -0.2) is 9.97 Å². The van der Waals surface area contributed by atoms with Crippen LogP contribution in [0.2, 0.25) is 4.34 Å². The number of hydrogen-bond acceptors (Lipinski definition) is 7. The number of carbonyl (C=O) groups excluding carboxylic acids is 1. The number of ether oxygens (including phenoxy) is 1. The van der Waals surface area contributed by atoms with Crippen LogP contribution in [0.3, 0.4) is 0 Å². The smallest absolute Gasteiger partial charge is 0.258 e. The summed E-state index contributed by atoms with van der Waals surface area (Å²) in [4.78, 5) is 24.9. The zero-order chi connectivity index (χ0) is 22.1. The third kappa shape index (κ3) is 4.18. The Morgan fingerprint density at radius 3 is 2.94 bits per heavy atom. The van der Waals surface area contributed by atoms with Crippen LogP contribution in [-0.4, -0.2) is 47.3 Å². The molecule has 1 aromatic carbocycles. The molecule has 1 aliphatic carbocycles. The van der Waals surface area contributed by atoms with Gasteiger partial charge in [0.15, 0.2) is 12.4 Å². The molecule has 3 aromatic rings. The fourth-order valence-corrected chi connectivity index (χ4v) is 5.22. The van der Waals surface area contributed by atoms with E-state index in [9.17, 15) is 4.79 Å². The summed E-state index contributed by atoms with van der Waals surface area (Å²) in [5.41, 5.74) is 4.63. The summed E-state index contributed by atoms with van der Waals surface area (Å²) in [5, 5.41) is 11.4. The SMILES string of the molecule is O=C(COc1ccc2c(c1)N(c1nc(-c3ccc(Cl)s3)nc3c1CCC3)CC2)NCCO. The van der Waals surface area contributed by atoms with Gasteiger partial charge in [0.2, 0.25) is 0 Å². The van der Waals surface area contributed by atoms with E-state index in [1.54, 1.807) is 0 Å². The van der Waals surface area contributed by atoms with Crippen LogP contribution < -0.4 is 15.0 Å². The number of aliphatic hydroxyl groups excluding tert-OH is 1. The Labute approximate surface area is 195 Å². The molecule has 0 spiro atoms. The molecule has 0 atom stereocenters. The van der Waals surface area contributed by atoms with Crippen LogP contribution in [0.4, 0.5) is 11.5 Å². The fraction of sp³-hybridized carbons (Fsp3) is 0.348. The monoisotopic (exact) mass is 470 g/mol. The van der Waals surface area contributed by atoms with Crippen molar-refractivity contribution < 1.29 is 14.6 Å². The van der Waals surface area contributed by atoms with E-state index >= 15 is 0 Å². The number of halogens is 1. The number of amides is 1. The van der Waals surface area contributed by atoms with Crippen molar-refractivity contribution in [3.8, 4) is 16.5 Å². The number of aliphatic hydroxyl groups is 1. The molecule has 0 radical (unpaired) electrons. The molecule has 2 aliphatic rings. The first kappa shape index (κ1) is 21.2. The Balaban J connectivity index is 1.45. The molecule has 9 heteroatoms. The van der Waals surface area contributed by atoms with E-state index < -0.39 is 0 Å². The molecular formula is C23H23ClN4O3S. The lowest BCUT2D eigenvalue weighted by molar-refractivity contribution is -0.123. The summed E-state index contributed by atoms with van der Waals surface area (Å²) < 4.78 is 6.42. The summed E-state index contributed by atoms with van der Waals surface area (Å²) in [6, 6.07) is 9.78. The number of nitrogens with one attached hydrogen (secondary N) is 1. The first-order valence-electron chi connectivity index (χ1n) is 10.7. The van der Waals surface area contributed by atoms with E-state index in [1.807, 2.05) is 24.3 Å². The second kappa shape index (κ2) is 9.05. The third-order valence-corrected chi connectivity index (χ3v) is 6.94. The highest BCUT2D eigenvalue weighted by atomic mass is 35.5. The van der Waals surface area contributed by atoms with Gasteiger partial charge >= 0.3 is 0 Å². The predicted octanol–water partition coefficient (Wildman–Crippen LogP) is 3.53. The van der Waals surface area contributed by atoms with Gasteiger partial charge in [0, 0.05) is 36.1 Å². The van der Waals surface area contributed by atoms with Crippen molar-refractivity contribution in [2.75, 3.05) is 31.2 Å². The number of aryl methyl sites for hydroxylation is 1. The van der Waals surface area contributed by atoms with E-state index in [2.05, 4.69) is 16.3 Å². The topological polar surface area (TPSA) is 87.6 Å². The third-order valence-electron chi connectivity index (χ3n) is 5.72. The van der Waals surface area contributed by atoms with Gasteiger partial charge in [-0.2, -0.15) is 0 Å². The molecule has 0 saturated heterocycles. The number of rotatable bonds is 7. The van der Waals surface area contributed by atoms with Crippen molar-refractivity contribution >= 4 is 40.4 Å². The number of hydrogen-bond donors (Lipinski definition) is 2. The van der Waals surface area contributed by atoms with Gasteiger partial charge in [-0.05, 0) is 49.4 Å². The Hall–Kier alpha value is -2.68. The predicted molar refractivity (Wildman–Crippen MR) is 125 cm³/mol. The van der Waals surface area contributed by atoms with Crippen molar-refractivity contribution in [1.82, 2.24) is 15.3 Å². The summed E-state index contributed by atoms with van der Waals surface area (Å²) in [7, 11) is 0. The number of anilines is 2.